The van der Waals surface area contributed by atoms with Crippen molar-refractivity contribution in [3.05, 3.63) is 52.7 Å². The minimum absolute atomic E-state index is 0.0828. The van der Waals surface area contributed by atoms with Gasteiger partial charge in [-0.1, -0.05) is 39.3 Å². The van der Waals surface area contributed by atoms with Gasteiger partial charge in [0.1, 0.15) is 29.3 Å². The normalized spacial score (nSPS) is 23.2. The highest BCUT2D eigenvalue weighted by Crippen LogP contribution is 2.61. The first kappa shape index (κ1) is 32.1. The van der Waals surface area contributed by atoms with Crippen molar-refractivity contribution in [3.8, 4) is 11.8 Å². The summed E-state index contributed by atoms with van der Waals surface area (Å²) < 4.78 is 11.9. The van der Waals surface area contributed by atoms with Crippen LogP contribution >= 0.6 is 11.6 Å². The van der Waals surface area contributed by atoms with E-state index in [1.54, 1.807) is 29.3 Å². The predicted octanol–water partition coefficient (Wildman–Crippen LogP) is 6.05. The highest BCUT2D eigenvalue weighted by atomic mass is 35.5. The molecule has 1 aliphatic carbocycles. The molecule has 10 heteroatoms. The average molecular weight is 622 g/mol. The number of rotatable bonds is 7. The number of amides is 1. The molecular formula is C34H44ClN5O4. The SMILES string of the molecule is CC(C)(C)OC(=O)N1CC(N2CCN(c3ccc(C(=O)CC4C(C)(C)C(Oc5ccc(C#N)c(Cl)c5)C4(C)C)cn3)CC2)C1. The van der Waals surface area contributed by atoms with E-state index in [2.05, 4.69) is 48.5 Å². The molecule has 1 saturated carbocycles. The Balaban J connectivity index is 1.11. The topological polar surface area (TPSA) is 99.0 Å². The summed E-state index contributed by atoms with van der Waals surface area (Å²) in [7, 11) is 0. The Kier molecular flexibility index (Phi) is 8.65. The molecule has 9 nitrogen and oxygen atoms in total. The van der Waals surface area contributed by atoms with Crippen LogP contribution in [0.3, 0.4) is 0 Å². The van der Waals surface area contributed by atoms with Crippen molar-refractivity contribution in [1.29, 1.82) is 5.26 Å². The number of nitrogens with zero attached hydrogens (tertiary/aromatic N) is 5. The van der Waals surface area contributed by atoms with Crippen molar-refractivity contribution in [2.75, 3.05) is 44.2 Å². The smallest absolute Gasteiger partial charge is 0.410 e. The van der Waals surface area contributed by atoms with Crippen molar-refractivity contribution in [2.24, 2.45) is 16.7 Å². The Morgan fingerprint density at radius 3 is 2.25 bits per heavy atom. The van der Waals surface area contributed by atoms with E-state index < -0.39 is 5.60 Å². The second-order valence-electron chi connectivity index (χ2n) is 14.5. The van der Waals surface area contributed by atoms with Crippen LogP contribution in [0.1, 0.15) is 70.8 Å². The van der Waals surface area contributed by atoms with Crippen molar-refractivity contribution in [3.63, 3.8) is 0 Å². The third-order valence-electron chi connectivity index (χ3n) is 9.59. The van der Waals surface area contributed by atoms with Crippen molar-refractivity contribution in [1.82, 2.24) is 14.8 Å². The van der Waals surface area contributed by atoms with Crippen LogP contribution in [0, 0.1) is 28.1 Å². The molecule has 0 radical (unpaired) electrons. The van der Waals surface area contributed by atoms with E-state index in [9.17, 15) is 9.59 Å². The number of aromatic nitrogens is 1. The molecule has 3 fully saturated rings. The summed E-state index contributed by atoms with van der Waals surface area (Å²) in [6, 6.07) is 11.4. The van der Waals surface area contributed by atoms with Gasteiger partial charge in [-0.3, -0.25) is 9.69 Å². The summed E-state index contributed by atoms with van der Waals surface area (Å²) in [6.45, 7) is 19.1. The first-order chi connectivity index (χ1) is 20.6. The van der Waals surface area contributed by atoms with E-state index in [1.165, 1.54) is 0 Å². The predicted molar refractivity (Wildman–Crippen MR) is 170 cm³/mol. The minimum Gasteiger partial charge on any atom is -0.489 e. The van der Waals surface area contributed by atoms with Gasteiger partial charge in [0.2, 0.25) is 0 Å². The van der Waals surface area contributed by atoms with Crippen LogP contribution in [-0.4, -0.2) is 83.7 Å². The molecule has 0 spiro atoms. The number of benzene rings is 1. The van der Waals surface area contributed by atoms with Gasteiger partial charge in [-0.2, -0.15) is 5.26 Å². The minimum atomic E-state index is -0.479. The van der Waals surface area contributed by atoms with E-state index in [-0.39, 0.29) is 34.7 Å². The van der Waals surface area contributed by atoms with Gasteiger partial charge >= 0.3 is 6.09 Å². The fourth-order valence-corrected chi connectivity index (χ4v) is 7.54. The number of carbonyl (C=O) groups excluding carboxylic acids is 2. The lowest BCUT2D eigenvalue weighted by molar-refractivity contribution is -0.196. The Labute approximate surface area is 266 Å². The number of hydrogen-bond acceptors (Lipinski definition) is 8. The number of pyridine rings is 1. The highest BCUT2D eigenvalue weighted by Gasteiger charge is 2.63. The van der Waals surface area contributed by atoms with Crippen LogP contribution in [0.2, 0.25) is 5.02 Å². The zero-order valence-corrected chi connectivity index (χ0v) is 27.6. The number of piperazine rings is 1. The van der Waals surface area contributed by atoms with Crippen LogP contribution in [0.15, 0.2) is 36.5 Å². The lowest BCUT2D eigenvalue weighted by Crippen LogP contribution is -2.66. The number of ketones is 1. The van der Waals surface area contributed by atoms with Gasteiger partial charge in [0, 0.05) is 80.4 Å². The molecule has 2 aromatic rings. The number of carbonyl (C=O) groups is 2. The molecule has 5 rings (SSSR count). The van der Waals surface area contributed by atoms with Crippen molar-refractivity contribution in [2.45, 2.75) is 72.6 Å². The van der Waals surface area contributed by atoms with E-state index in [1.807, 2.05) is 32.9 Å². The molecule has 1 aromatic heterocycles. The van der Waals surface area contributed by atoms with Gasteiger partial charge < -0.3 is 19.3 Å². The Morgan fingerprint density at radius 2 is 1.70 bits per heavy atom. The number of likely N-dealkylation sites (tertiary alicyclic amines) is 1. The van der Waals surface area contributed by atoms with Crippen LogP contribution < -0.4 is 9.64 Å². The zero-order valence-electron chi connectivity index (χ0n) is 26.9. The van der Waals surface area contributed by atoms with Gasteiger partial charge in [-0.05, 0) is 51.0 Å². The van der Waals surface area contributed by atoms with E-state index in [0.29, 0.717) is 47.5 Å². The van der Waals surface area contributed by atoms with Gasteiger partial charge in [0.05, 0.1) is 10.6 Å². The van der Waals surface area contributed by atoms with Gasteiger partial charge in [-0.15, -0.1) is 0 Å². The monoisotopic (exact) mass is 621 g/mol. The Hall–Kier alpha value is -3.35. The van der Waals surface area contributed by atoms with Crippen molar-refractivity contribution < 1.29 is 19.1 Å². The molecular weight excluding hydrogens is 578 g/mol. The third kappa shape index (κ3) is 6.38. The number of hydrogen-bond donors (Lipinski definition) is 0. The summed E-state index contributed by atoms with van der Waals surface area (Å²) in [5.74, 6) is 1.70. The summed E-state index contributed by atoms with van der Waals surface area (Å²) in [6.07, 6.45) is 1.77. The maximum atomic E-state index is 13.4. The first-order valence-electron chi connectivity index (χ1n) is 15.4. The molecule has 1 aromatic carbocycles. The number of Topliss-reactive ketones (excluding diaryl/α,β-unsaturated/α-hetero) is 1. The van der Waals surface area contributed by atoms with Crippen molar-refractivity contribution >= 4 is 29.3 Å². The maximum Gasteiger partial charge on any atom is 0.410 e. The van der Waals surface area contributed by atoms with E-state index in [4.69, 9.17) is 26.3 Å². The molecule has 44 heavy (non-hydrogen) atoms. The quantitative estimate of drug-likeness (QED) is 0.345. The average Bonchev–Trinajstić information content (AvgIpc) is 2.93. The van der Waals surface area contributed by atoms with E-state index >= 15 is 0 Å². The second-order valence-corrected chi connectivity index (χ2v) is 14.9. The lowest BCUT2D eigenvalue weighted by Gasteiger charge is -2.63. The fraction of sp³-hybridized carbons (Fsp3) is 0.588. The van der Waals surface area contributed by atoms with Crippen LogP contribution in [-0.2, 0) is 4.74 Å². The van der Waals surface area contributed by atoms with Gasteiger partial charge in [-0.25, -0.2) is 9.78 Å². The van der Waals surface area contributed by atoms with Gasteiger partial charge in [0.15, 0.2) is 5.78 Å². The lowest BCUT2D eigenvalue weighted by atomic mass is 9.44. The van der Waals surface area contributed by atoms with Gasteiger partial charge in [0.25, 0.3) is 0 Å². The second kappa shape index (κ2) is 11.9. The molecule has 3 heterocycles. The molecule has 0 N–H and O–H groups in total. The summed E-state index contributed by atoms with van der Waals surface area (Å²) in [5, 5.41) is 9.53. The molecule has 0 unspecified atom stereocenters. The molecule has 0 bridgehead atoms. The Bertz CT molecular complexity index is 1420. The largest absolute Gasteiger partial charge is 0.489 e. The number of nitriles is 1. The highest BCUT2D eigenvalue weighted by molar-refractivity contribution is 6.31. The summed E-state index contributed by atoms with van der Waals surface area (Å²) in [5.41, 5.74) is 0.0817. The number of anilines is 1. The van der Waals surface area contributed by atoms with Crippen LogP contribution in [0.5, 0.6) is 5.75 Å². The molecule has 236 valence electrons. The summed E-state index contributed by atoms with van der Waals surface area (Å²) >= 11 is 6.23. The molecule has 0 atom stereocenters. The maximum absolute atomic E-state index is 13.4. The van der Waals surface area contributed by atoms with E-state index in [0.717, 1.165) is 32.0 Å². The van der Waals surface area contributed by atoms with Crippen LogP contribution in [0.25, 0.3) is 0 Å². The number of halogens is 1. The zero-order chi connectivity index (χ0) is 32.0. The molecule has 3 aliphatic rings. The summed E-state index contributed by atoms with van der Waals surface area (Å²) in [4.78, 5) is 36.8. The fourth-order valence-electron chi connectivity index (χ4n) is 7.33. The number of ether oxygens (including phenoxy) is 2. The molecule has 2 saturated heterocycles. The Morgan fingerprint density at radius 1 is 1.05 bits per heavy atom. The van der Waals surface area contributed by atoms with Crippen LogP contribution in [0.4, 0.5) is 10.6 Å². The third-order valence-corrected chi connectivity index (χ3v) is 9.90. The molecule has 1 amide bonds. The standard InChI is InChI=1S/C34H44ClN5O4/c1-32(2,3)44-31(42)40-20-24(21-40)38-12-14-39(15-13-38)29-11-9-23(19-37-29)27(41)17-28-33(4,5)30(34(28,6)7)43-25-10-8-22(18-36)26(35)16-25/h8-11,16,19,24,28,30H,12-15,17,20-21H2,1-7H3. The molecule has 2 aliphatic heterocycles. The first-order valence-corrected chi connectivity index (χ1v) is 15.8.